The van der Waals surface area contributed by atoms with Crippen molar-refractivity contribution in [1.29, 1.82) is 5.26 Å². The van der Waals surface area contributed by atoms with E-state index in [1.165, 1.54) is 17.8 Å². The second-order valence-corrected chi connectivity index (χ2v) is 9.34. The van der Waals surface area contributed by atoms with Gasteiger partial charge in [0.1, 0.15) is 17.2 Å². The Labute approximate surface area is 191 Å². The van der Waals surface area contributed by atoms with Crippen molar-refractivity contribution in [2.24, 2.45) is 0 Å². The highest BCUT2D eigenvalue weighted by molar-refractivity contribution is 7.17. The Kier molecular flexibility index (Phi) is 6.32. The van der Waals surface area contributed by atoms with Gasteiger partial charge in [0.2, 0.25) is 0 Å². The van der Waals surface area contributed by atoms with Crippen molar-refractivity contribution in [3.63, 3.8) is 0 Å². The zero-order valence-electron chi connectivity index (χ0n) is 18.1. The number of piperazine rings is 1. The van der Waals surface area contributed by atoms with Crippen LogP contribution in [0.25, 0.3) is 21.3 Å². The lowest BCUT2D eigenvalue weighted by atomic mass is 10.1. The van der Waals surface area contributed by atoms with Gasteiger partial charge in [-0.15, -0.1) is 11.3 Å². The molecule has 8 heteroatoms. The summed E-state index contributed by atoms with van der Waals surface area (Å²) in [5.74, 6) is 0.679. The number of benzene rings is 1. The highest BCUT2D eigenvalue weighted by atomic mass is 32.1. The van der Waals surface area contributed by atoms with Gasteiger partial charge in [-0.05, 0) is 18.4 Å². The van der Waals surface area contributed by atoms with Crippen molar-refractivity contribution < 1.29 is 4.74 Å². The molecule has 1 aromatic carbocycles. The molecule has 166 valence electrons. The number of nitriles is 1. The van der Waals surface area contributed by atoms with Crippen LogP contribution in [0, 0.1) is 11.3 Å². The van der Waals surface area contributed by atoms with Crippen LogP contribution in [0.4, 0.5) is 0 Å². The van der Waals surface area contributed by atoms with Crippen LogP contribution in [0.15, 0.2) is 40.5 Å². The number of ether oxygens (including phenoxy) is 1. The van der Waals surface area contributed by atoms with Crippen LogP contribution in [0.3, 0.4) is 0 Å². The van der Waals surface area contributed by atoms with Gasteiger partial charge in [-0.1, -0.05) is 30.3 Å². The average Bonchev–Trinajstić information content (AvgIpc) is 3.48. The van der Waals surface area contributed by atoms with E-state index in [0.29, 0.717) is 23.9 Å². The molecule has 0 bridgehead atoms. The van der Waals surface area contributed by atoms with Gasteiger partial charge in [-0.2, -0.15) is 5.26 Å². The number of rotatable bonds is 6. The normalized spacial score (nSPS) is 20.0. The third kappa shape index (κ3) is 4.34. The Bertz CT molecular complexity index is 1170. The highest BCUT2D eigenvalue weighted by Crippen LogP contribution is 2.31. The zero-order chi connectivity index (χ0) is 21.9. The van der Waals surface area contributed by atoms with Gasteiger partial charge in [0, 0.05) is 50.3 Å². The van der Waals surface area contributed by atoms with Gasteiger partial charge in [-0.3, -0.25) is 19.2 Å². The van der Waals surface area contributed by atoms with E-state index >= 15 is 0 Å². The molecule has 2 aliphatic rings. The SMILES string of the molecule is N#CCn1c(CN2CCN(C[C@@H]3CCCO3)CC2)nc2scc(-c3ccccc3)c2c1=O. The first kappa shape index (κ1) is 21.3. The fraction of sp³-hybridized carbons (Fsp3) is 0.458. The van der Waals surface area contributed by atoms with Gasteiger partial charge < -0.3 is 4.74 Å². The van der Waals surface area contributed by atoms with E-state index in [0.717, 1.165) is 61.7 Å². The van der Waals surface area contributed by atoms with E-state index in [4.69, 9.17) is 9.72 Å². The maximum absolute atomic E-state index is 13.4. The van der Waals surface area contributed by atoms with Crippen LogP contribution in [-0.2, 0) is 17.8 Å². The summed E-state index contributed by atoms with van der Waals surface area (Å²) in [7, 11) is 0. The van der Waals surface area contributed by atoms with Crippen LogP contribution in [-0.4, -0.2) is 64.8 Å². The predicted molar refractivity (Wildman–Crippen MR) is 126 cm³/mol. The molecule has 3 aromatic rings. The molecule has 0 spiro atoms. The molecule has 2 aliphatic heterocycles. The average molecular weight is 450 g/mol. The molecule has 5 rings (SSSR count). The molecular formula is C24H27N5O2S. The lowest BCUT2D eigenvalue weighted by Crippen LogP contribution is -2.48. The lowest BCUT2D eigenvalue weighted by Gasteiger charge is -2.35. The maximum atomic E-state index is 13.4. The number of fused-ring (bicyclic) bond motifs is 1. The third-order valence-corrected chi connectivity index (χ3v) is 7.27. The van der Waals surface area contributed by atoms with Crippen molar-refractivity contribution in [2.75, 3.05) is 39.3 Å². The van der Waals surface area contributed by atoms with Gasteiger partial charge >= 0.3 is 0 Å². The summed E-state index contributed by atoms with van der Waals surface area (Å²) < 4.78 is 7.33. The standard InChI is InChI=1S/C24H27N5O2S/c25-8-9-29-21(16-28-12-10-27(11-13-28)15-19-7-4-14-31-19)26-23-22(24(29)30)20(17-32-23)18-5-2-1-3-6-18/h1-3,5-6,17,19H,4,7,9-16H2/t19-/m0/s1. The van der Waals surface area contributed by atoms with Gasteiger partial charge in [0.15, 0.2) is 0 Å². The minimum absolute atomic E-state index is 0.0141. The van der Waals surface area contributed by atoms with E-state index < -0.39 is 0 Å². The number of thiophene rings is 1. The van der Waals surface area contributed by atoms with E-state index in [9.17, 15) is 10.1 Å². The Balaban J connectivity index is 1.37. The van der Waals surface area contributed by atoms with Gasteiger partial charge in [0.05, 0.1) is 24.1 Å². The summed E-state index contributed by atoms with van der Waals surface area (Å²) in [6, 6.07) is 12.0. The smallest absolute Gasteiger partial charge is 0.263 e. The van der Waals surface area contributed by atoms with Crippen molar-refractivity contribution in [1.82, 2.24) is 19.4 Å². The van der Waals surface area contributed by atoms with Crippen LogP contribution >= 0.6 is 11.3 Å². The summed E-state index contributed by atoms with van der Waals surface area (Å²) in [4.78, 5) is 23.8. The quantitative estimate of drug-likeness (QED) is 0.576. The monoisotopic (exact) mass is 449 g/mol. The first-order valence-corrected chi connectivity index (χ1v) is 12.1. The third-order valence-electron chi connectivity index (χ3n) is 6.40. The summed E-state index contributed by atoms with van der Waals surface area (Å²) in [5, 5.41) is 12.0. The van der Waals surface area contributed by atoms with Crippen LogP contribution in [0.1, 0.15) is 18.7 Å². The number of hydrogen-bond acceptors (Lipinski definition) is 7. The number of aromatic nitrogens is 2. The molecule has 0 amide bonds. The largest absolute Gasteiger partial charge is 0.377 e. The zero-order valence-corrected chi connectivity index (χ0v) is 18.9. The molecule has 4 heterocycles. The summed E-state index contributed by atoms with van der Waals surface area (Å²) in [6.07, 6.45) is 2.71. The molecule has 0 unspecified atom stereocenters. The summed E-state index contributed by atoms with van der Waals surface area (Å²) in [5.41, 5.74) is 1.77. The lowest BCUT2D eigenvalue weighted by molar-refractivity contribution is 0.0482. The van der Waals surface area contributed by atoms with Crippen LogP contribution in [0.5, 0.6) is 0 Å². The number of nitrogens with zero attached hydrogens (tertiary/aromatic N) is 5. The molecule has 2 saturated heterocycles. The number of hydrogen-bond donors (Lipinski definition) is 0. The Morgan fingerprint density at radius 2 is 1.94 bits per heavy atom. The second kappa shape index (κ2) is 9.51. The topological polar surface area (TPSA) is 74.4 Å². The Hall–Kier alpha value is -2.57. The van der Waals surface area contributed by atoms with E-state index in [1.807, 2.05) is 35.7 Å². The highest BCUT2D eigenvalue weighted by Gasteiger charge is 2.24. The fourth-order valence-electron chi connectivity index (χ4n) is 4.66. The molecule has 0 aliphatic carbocycles. The predicted octanol–water partition coefficient (Wildman–Crippen LogP) is 2.95. The molecule has 7 nitrogen and oxygen atoms in total. The molecule has 0 saturated carbocycles. The van der Waals surface area contributed by atoms with Crippen molar-refractivity contribution in [3.8, 4) is 17.2 Å². The molecular weight excluding hydrogens is 422 g/mol. The van der Waals surface area contributed by atoms with Crippen LogP contribution in [0.2, 0.25) is 0 Å². The second-order valence-electron chi connectivity index (χ2n) is 8.48. The van der Waals surface area contributed by atoms with E-state index in [1.54, 1.807) is 4.57 Å². The summed E-state index contributed by atoms with van der Waals surface area (Å²) >= 11 is 1.50. The van der Waals surface area contributed by atoms with Gasteiger partial charge in [0.25, 0.3) is 5.56 Å². The minimum atomic E-state index is -0.122. The maximum Gasteiger partial charge on any atom is 0.263 e. The Morgan fingerprint density at radius 1 is 1.16 bits per heavy atom. The van der Waals surface area contributed by atoms with E-state index in [2.05, 4.69) is 15.9 Å². The van der Waals surface area contributed by atoms with E-state index in [-0.39, 0.29) is 12.1 Å². The minimum Gasteiger partial charge on any atom is -0.377 e. The van der Waals surface area contributed by atoms with Crippen molar-refractivity contribution >= 4 is 21.6 Å². The van der Waals surface area contributed by atoms with Gasteiger partial charge in [-0.25, -0.2) is 4.98 Å². The first-order valence-electron chi connectivity index (χ1n) is 11.2. The summed E-state index contributed by atoms with van der Waals surface area (Å²) in [6.45, 7) is 6.32. The molecule has 32 heavy (non-hydrogen) atoms. The molecule has 2 fully saturated rings. The van der Waals surface area contributed by atoms with Crippen molar-refractivity contribution in [2.45, 2.75) is 32.0 Å². The first-order chi connectivity index (χ1) is 15.7. The van der Waals surface area contributed by atoms with Crippen LogP contribution < -0.4 is 5.56 Å². The Morgan fingerprint density at radius 3 is 2.66 bits per heavy atom. The molecule has 2 aromatic heterocycles. The molecule has 0 N–H and O–H groups in total. The fourth-order valence-corrected chi connectivity index (χ4v) is 5.61. The van der Waals surface area contributed by atoms with Crippen molar-refractivity contribution in [3.05, 3.63) is 51.9 Å². The molecule has 0 radical (unpaired) electrons. The molecule has 1 atom stereocenters.